The Labute approximate surface area is 141 Å². The van der Waals surface area contributed by atoms with Crippen molar-refractivity contribution < 1.29 is 10.2 Å². The van der Waals surface area contributed by atoms with Crippen LogP contribution in [0.5, 0.6) is 11.5 Å². The molecule has 24 heavy (non-hydrogen) atoms. The van der Waals surface area contributed by atoms with Crippen molar-refractivity contribution in [1.82, 2.24) is 9.97 Å². The molecular weight excluding hydrogens is 328 g/mol. The Morgan fingerprint density at radius 2 is 2.12 bits per heavy atom. The van der Waals surface area contributed by atoms with Gasteiger partial charge >= 0.3 is 0 Å². The zero-order valence-electron chi connectivity index (χ0n) is 13.1. The number of hydrogen-bond donors (Lipinski definition) is 4. The summed E-state index contributed by atoms with van der Waals surface area (Å²) in [7, 11) is 0. The van der Waals surface area contributed by atoms with Crippen LogP contribution in [0.2, 0.25) is 0 Å². The molecule has 3 rings (SSSR count). The molecule has 0 aliphatic carbocycles. The molecule has 0 bridgehead atoms. The number of thiophene rings is 1. The van der Waals surface area contributed by atoms with Gasteiger partial charge in [0.25, 0.3) is 5.56 Å². The van der Waals surface area contributed by atoms with Crippen LogP contribution in [-0.2, 0) is 0 Å². The number of nitrogens with zero attached hydrogens (tertiary/aromatic N) is 2. The maximum Gasteiger partial charge on any atom is 0.261 e. The third kappa shape index (κ3) is 3.09. The number of aromatic amines is 1. The highest BCUT2D eigenvalue weighted by molar-refractivity contribution is 7.16. The summed E-state index contributed by atoms with van der Waals surface area (Å²) in [5.74, 6) is 0.0615. The van der Waals surface area contributed by atoms with Crippen LogP contribution < -0.4 is 11.0 Å². The minimum Gasteiger partial charge on any atom is -0.504 e. The lowest BCUT2D eigenvalue weighted by atomic mass is 10.0. The molecule has 0 aliphatic rings. The van der Waals surface area contributed by atoms with Crippen molar-refractivity contribution in [2.24, 2.45) is 5.10 Å². The number of benzene rings is 1. The highest BCUT2D eigenvalue weighted by atomic mass is 32.1. The summed E-state index contributed by atoms with van der Waals surface area (Å²) in [6.45, 7) is 4.06. The predicted octanol–water partition coefficient (Wildman–Crippen LogP) is 2.97. The molecule has 0 saturated heterocycles. The molecule has 3 aromatic rings. The van der Waals surface area contributed by atoms with E-state index in [9.17, 15) is 15.0 Å². The maximum absolute atomic E-state index is 12.3. The molecular formula is C16H16N4O3S. The standard InChI is InChI=1S/C16H16N4O3S/c1-8(2)10-7-24-15-13(10)14(23)18-16(19-15)20-17-6-9-3-4-11(21)12(22)5-9/h3-8,21-22H,1-2H3,(H2,18,19,20,23). The van der Waals surface area contributed by atoms with Crippen molar-refractivity contribution in [2.45, 2.75) is 19.8 Å². The Hall–Kier alpha value is -2.87. The molecule has 0 unspecified atom stereocenters. The third-order valence-corrected chi connectivity index (χ3v) is 4.37. The maximum atomic E-state index is 12.3. The van der Waals surface area contributed by atoms with Gasteiger partial charge in [-0.3, -0.25) is 9.78 Å². The van der Waals surface area contributed by atoms with Gasteiger partial charge in [-0.15, -0.1) is 11.3 Å². The zero-order chi connectivity index (χ0) is 17.3. The average molecular weight is 344 g/mol. The van der Waals surface area contributed by atoms with E-state index in [1.165, 1.54) is 29.7 Å². The van der Waals surface area contributed by atoms with Gasteiger partial charge < -0.3 is 10.2 Å². The predicted molar refractivity (Wildman–Crippen MR) is 95.3 cm³/mol. The molecule has 0 spiro atoms. The molecule has 0 aliphatic heterocycles. The van der Waals surface area contributed by atoms with Crippen molar-refractivity contribution in [2.75, 3.05) is 5.43 Å². The van der Waals surface area contributed by atoms with Crippen LogP contribution in [0.3, 0.4) is 0 Å². The van der Waals surface area contributed by atoms with E-state index in [1.54, 1.807) is 6.07 Å². The summed E-state index contributed by atoms with van der Waals surface area (Å²) in [6, 6.07) is 4.32. The molecule has 7 nitrogen and oxygen atoms in total. The van der Waals surface area contributed by atoms with Gasteiger partial charge in [-0.1, -0.05) is 13.8 Å². The Balaban J connectivity index is 1.84. The van der Waals surface area contributed by atoms with Gasteiger partial charge in [-0.05, 0) is 40.6 Å². The van der Waals surface area contributed by atoms with Gasteiger partial charge in [0.05, 0.1) is 11.6 Å². The SMILES string of the molecule is CC(C)c1csc2nc(NN=Cc3ccc(O)c(O)c3)[nH]c(=O)c12. The first-order valence-electron chi connectivity index (χ1n) is 7.28. The molecule has 1 aromatic carbocycles. The van der Waals surface area contributed by atoms with Crippen molar-refractivity contribution in [3.63, 3.8) is 0 Å². The van der Waals surface area contributed by atoms with E-state index in [4.69, 9.17) is 0 Å². The van der Waals surface area contributed by atoms with E-state index in [-0.39, 0.29) is 28.9 Å². The van der Waals surface area contributed by atoms with Crippen LogP contribution in [0.4, 0.5) is 5.95 Å². The summed E-state index contributed by atoms with van der Waals surface area (Å²) in [5.41, 5.74) is 4.03. The quantitative estimate of drug-likeness (QED) is 0.330. The average Bonchev–Trinajstić information content (AvgIpc) is 2.95. The minimum absolute atomic E-state index is 0.199. The highest BCUT2D eigenvalue weighted by Gasteiger charge is 2.13. The number of anilines is 1. The van der Waals surface area contributed by atoms with Crippen LogP contribution in [0.1, 0.15) is 30.9 Å². The lowest BCUT2D eigenvalue weighted by Gasteiger charge is -2.03. The molecule has 0 saturated carbocycles. The summed E-state index contributed by atoms with van der Waals surface area (Å²) >= 11 is 1.42. The van der Waals surface area contributed by atoms with Crippen LogP contribution in [-0.4, -0.2) is 26.4 Å². The number of phenols is 2. The first-order chi connectivity index (χ1) is 11.5. The van der Waals surface area contributed by atoms with Crippen molar-refractivity contribution in [3.8, 4) is 11.5 Å². The van der Waals surface area contributed by atoms with Crippen molar-refractivity contribution in [1.29, 1.82) is 0 Å². The third-order valence-electron chi connectivity index (χ3n) is 3.48. The van der Waals surface area contributed by atoms with Gasteiger partial charge in [-0.25, -0.2) is 10.4 Å². The Bertz CT molecular complexity index is 975. The van der Waals surface area contributed by atoms with Crippen molar-refractivity contribution >= 4 is 33.7 Å². The molecule has 124 valence electrons. The summed E-state index contributed by atoms with van der Waals surface area (Å²) in [5, 5.41) is 25.2. The van der Waals surface area contributed by atoms with E-state index >= 15 is 0 Å². The summed E-state index contributed by atoms with van der Waals surface area (Å²) in [6.07, 6.45) is 1.44. The van der Waals surface area contributed by atoms with Gasteiger partial charge in [0.15, 0.2) is 11.5 Å². The van der Waals surface area contributed by atoms with E-state index in [0.29, 0.717) is 15.8 Å². The topological polar surface area (TPSA) is 111 Å². The lowest BCUT2D eigenvalue weighted by molar-refractivity contribution is 0.403. The fraction of sp³-hybridized carbons (Fsp3) is 0.188. The lowest BCUT2D eigenvalue weighted by Crippen LogP contribution is -2.11. The number of aromatic nitrogens is 2. The number of H-pyrrole nitrogens is 1. The zero-order valence-corrected chi connectivity index (χ0v) is 13.9. The molecule has 4 N–H and O–H groups in total. The molecule has 8 heteroatoms. The van der Waals surface area contributed by atoms with Crippen molar-refractivity contribution in [3.05, 3.63) is 45.1 Å². The van der Waals surface area contributed by atoms with Crippen LogP contribution in [0.25, 0.3) is 10.2 Å². The molecule has 0 atom stereocenters. The number of rotatable bonds is 4. The highest BCUT2D eigenvalue weighted by Crippen LogP contribution is 2.27. The van der Waals surface area contributed by atoms with Crippen LogP contribution >= 0.6 is 11.3 Å². The molecule has 2 aromatic heterocycles. The normalized spacial score (nSPS) is 11.6. The number of fused-ring (bicyclic) bond motifs is 1. The van der Waals surface area contributed by atoms with E-state index in [0.717, 1.165) is 5.56 Å². The fourth-order valence-electron chi connectivity index (χ4n) is 2.24. The minimum atomic E-state index is -0.230. The van der Waals surface area contributed by atoms with Gasteiger partial charge in [0.1, 0.15) is 4.83 Å². The first-order valence-corrected chi connectivity index (χ1v) is 8.16. The molecule has 0 radical (unpaired) electrons. The Kier molecular flexibility index (Phi) is 4.22. The number of nitrogens with one attached hydrogen (secondary N) is 2. The molecule has 0 fully saturated rings. The number of hydrogen-bond acceptors (Lipinski definition) is 7. The summed E-state index contributed by atoms with van der Waals surface area (Å²) in [4.78, 5) is 19.9. The van der Waals surface area contributed by atoms with Gasteiger partial charge in [0.2, 0.25) is 5.95 Å². The molecule has 2 heterocycles. The number of hydrazone groups is 1. The van der Waals surface area contributed by atoms with Gasteiger partial charge in [-0.2, -0.15) is 5.10 Å². The Morgan fingerprint density at radius 3 is 2.83 bits per heavy atom. The largest absolute Gasteiger partial charge is 0.504 e. The summed E-state index contributed by atoms with van der Waals surface area (Å²) < 4.78 is 0. The Morgan fingerprint density at radius 1 is 1.33 bits per heavy atom. The van der Waals surface area contributed by atoms with Crippen LogP contribution in [0, 0.1) is 0 Å². The second-order valence-electron chi connectivity index (χ2n) is 5.56. The second kappa shape index (κ2) is 6.32. The first kappa shape index (κ1) is 16.0. The van der Waals surface area contributed by atoms with E-state index in [2.05, 4.69) is 20.5 Å². The fourth-order valence-corrected chi connectivity index (χ4v) is 3.34. The van der Waals surface area contributed by atoms with E-state index < -0.39 is 0 Å². The number of aromatic hydroxyl groups is 2. The number of phenolic OH excluding ortho intramolecular Hbond substituents is 2. The second-order valence-corrected chi connectivity index (χ2v) is 6.42. The van der Waals surface area contributed by atoms with E-state index in [1.807, 2.05) is 19.2 Å². The monoisotopic (exact) mass is 344 g/mol. The molecule has 0 amide bonds. The van der Waals surface area contributed by atoms with Gasteiger partial charge in [0, 0.05) is 0 Å². The van der Waals surface area contributed by atoms with Crippen LogP contribution in [0.15, 0.2) is 33.5 Å². The smallest absolute Gasteiger partial charge is 0.261 e.